The number of thioether (sulfide) groups is 1. The van der Waals surface area contributed by atoms with Crippen molar-refractivity contribution in [3.63, 3.8) is 0 Å². The van der Waals surface area contributed by atoms with Gasteiger partial charge in [-0.3, -0.25) is 15.0 Å². The lowest BCUT2D eigenvalue weighted by Crippen LogP contribution is -2.35. The minimum absolute atomic E-state index is 0.0615. The topological polar surface area (TPSA) is 119 Å². The zero-order chi connectivity index (χ0) is 24.5. The summed E-state index contributed by atoms with van der Waals surface area (Å²) < 4.78 is 6.61. The molecule has 0 fully saturated rings. The zero-order valence-corrected chi connectivity index (χ0v) is 20.7. The summed E-state index contributed by atoms with van der Waals surface area (Å²) >= 11 is 1.24. The van der Waals surface area contributed by atoms with Gasteiger partial charge in [0.15, 0.2) is 5.16 Å². The van der Waals surface area contributed by atoms with Crippen molar-refractivity contribution in [1.29, 1.82) is 0 Å². The molecule has 4 rings (SSSR count). The van der Waals surface area contributed by atoms with E-state index in [1.54, 1.807) is 6.07 Å². The van der Waals surface area contributed by atoms with Crippen molar-refractivity contribution in [2.24, 2.45) is 0 Å². The molecule has 0 unspecified atom stereocenters. The van der Waals surface area contributed by atoms with Crippen LogP contribution in [0.1, 0.15) is 57.7 Å². The van der Waals surface area contributed by atoms with Crippen LogP contribution in [0, 0.1) is 6.92 Å². The molecule has 178 valence electrons. The van der Waals surface area contributed by atoms with Crippen LogP contribution in [0.15, 0.2) is 44.8 Å². The van der Waals surface area contributed by atoms with Crippen LogP contribution in [-0.4, -0.2) is 30.7 Å². The van der Waals surface area contributed by atoms with Crippen molar-refractivity contribution in [3.05, 3.63) is 57.8 Å². The number of fused-ring (bicyclic) bond motifs is 1. The molecular weight excluding hydrogens is 452 g/mol. The number of aryl methyl sites for hydroxylation is 1. The van der Waals surface area contributed by atoms with Gasteiger partial charge in [-0.2, -0.15) is 9.66 Å². The molecule has 34 heavy (non-hydrogen) atoms. The van der Waals surface area contributed by atoms with Crippen molar-refractivity contribution >= 4 is 28.7 Å². The van der Waals surface area contributed by atoms with Gasteiger partial charge in [-0.25, -0.2) is 4.98 Å². The van der Waals surface area contributed by atoms with Crippen molar-refractivity contribution < 1.29 is 9.32 Å². The number of hydrogen-bond acceptors (Lipinski definition) is 7. The summed E-state index contributed by atoms with van der Waals surface area (Å²) in [6.45, 7) is 10.2. The molecule has 3 aromatic heterocycles. The van der Waals surface area contributed by atoms with Crippen LogP contribution in [0.25, 0.3) is 22.4 Å². The van der Waals surface area contributed by atoms with Gasteiger partial charge in [-0.15, -0.1) is 0 Å². The smallest absolute Gasteiger partial charge is 0.297 e. The van der Waals surface area contributed by atoms with Crippen LogP contribution < -0.4 is 11.0 Å². The maximum absolute atomic E-state index is 13.0. The summed E-state index contributed by atoms with van der Waals surface area (Å²) in [6, 6.07) is 9.89. The third-order valence-corrected chi connectivity index (χ3v) is 6.19. The van der Waals surface area contributed by atoms with Crippen LogP contribution in [0.3, 0.4) is 0 Å². The SMILES string of the molecule is CCCC(=O)Nn1c(SCc2nc(-c3ccc(C(C)(C)C)cc3)no2)nc2cc(C)[nH]c2c1=O. The van der Waals surface area contributed by atoms with Crippen LogP contribution >= 0.6 is 11.8 Å². The number of amides is 1. The minimum Gasteiger partial charge on any atom is -0.353 e. The summed E-state index contributed by atoms with van der Waals surface area (Å²) in [5.41, 5.74) is 6.13. The van der Waals surface area contributed by atoms with Gasteiger partial charge in [-0.1, -0.05) is 68.9 Å². The number of aromatic nitrogens is 5. The first-order valence-corrected chi connectivity index (χ1v) is 12.1. The zero-order valence-electron chi connectivity index (χ0n) is 19.9. The molecule has 10 heteroatoms. The van der Waals surface area contributed by atoms with Gasteiger partial charge < -0.3 is 9.51 Å². The molecule has 4 aromatic rings. The summed E-state index contributed by atoms with van der Waals surface area (Å²) in [6.07, 6.45) is 0.973. The maximum Gasteiger partial charge on any atom is 0.297 e. The minimum atomic E-state index is -0.366. The average molecular weight is 481 g/mol. The molecule has 9 nitrogen and oxygen atoms in total. The monoisotopic (exact) mass is 480 g/mol. The number of nitrogens with zero attached hydrogens (tertiary/aromatic N) is 4. The fraction of sp³-hybridized carbons (Fsp3) is 0.375. The molecule has 0 aliphatic heterocycles. The first-order chi connectivity index (χ1) is 16.2. The largest absolute Gasteiger partial charge is 0.353 e. The number of H-pyrrole nitrogens is 1. The van der Waals surface area contributed by atoms with Gasteiger partial charge >= 0.3 is 0 Å². The lowest BCUT2D eigenvalue weighted by molar-refractivity contribution is -0.117. The maximum atomic E-state index is 13.0. The second kappa shape index (κ2) is 9.46. The fourth-order valence-electron chi connectivity index (χ4n) is 3.46. The molecule has 3 heterocycles. The molecular formula is C24H28N6O3S. The predicted octanol–water partition coefficient (Wildman–Crippen LogP) is 4.54. The van der Waals surface area contributed by atoms with Crippen LogP contribution in [-0.2, 0) is 16.0 Å². The van der Waals surface area contributed by atoms with E-state index >= 15 is 0 Å². The van der Waals surface area contributed by atoms with E-state index in [4.69, 9.17) is 4.52 Å². The van der Waals surface area contributed by atoms with Crippen molar-refractivity contribution in [2.45, 2.75) is 63.8 Å². The Balaban J connectivity index is 1.57. The Morgan fingerprint density at radius 1 is 1.21 bits per heavy atom. The normalized spacial score (nSPS) is 11.8. The highest BCUT2D eigenvalue weighted by atomic mass is 32.2. The van der Waals surface area contributed by atoms with Crippen molar-refractivity contribution in [2.75, 3.05) is 5.43 Å². The Hall–Kier alpha value is -3.40. The Morgan fingerprint density at radius 3 is 2.62 bits per heavy atom. The molecule has 0 saturated carbocycles. The van der Waals surface area contributed by atoms with E-state index in [-0.39, 0.29) is 22.6 Å². The molecule has 0 radical (unpaired) electrons. The molecule has 2 N–H and O–H groups in total. The summed E-state index contributed by atoms with van der Waals surface area (Å²) in [4.78, 5) is 37.3. The summed E-state index contributed by atoms with van der Waals surface area (Å²) in [7, 11) is 0. The second-order valence-corrected chi connectivity index (χ2v) is 10.1. The molecule has 0 aliphatic rings. The van der Waals surface area contributed by atoms with E-state index in [0.717, 1.165) is 11.3 Å². The third kappa shape index (κ3) is 5.06. The van der Waals surface area contributed by atoms with E-state index in [1.807, 2.05) is 26.0 Å². The molecule has 1 amide bonds. The molecule has 0 aliphatic carbocycles. The standard InChI is InChI=1S/C24H28N6O3S/c1-6-7-18(31)28-30-22(32)20-17(12-14(2)25-20)26-23(30)34-13-19-27-21(29-33-19)15-8-10-16(11-9-15)24(3,4)5/h8-12,25H,6-7,13H2,1-5H3,(H,28,31). The molecule has 0 bridgehead atoms. The molecule has 0 spiro atoms. The van der Waals surface area contributed by atoms with Crippen molar-refractivity contribution in [1.82, 2.24) is 24.8 Å². The van der Waals surface area contributed by atoms with Gasteiger partial charge in [0.25, 0.3) is 5.56 Å². The number of carbonyl (C=O) groups is 1. The number of aromatic amines is 1. The number of carbonyl (C=O) groups excluding carboxylic acids is 1. The Labute approximate surface area is 201 Å². The molecule has 1 aromatic carbocycles. The molecule has 0 saturated heterocycles. The van der Waals surface area contributed by atoms with Gasteiger partial charge in [0, 0.05) is 17.7 Å². The summed E-state index contributed by atoms with van der Waals surface area (Å²) in [5, 5.41) is 4.44. The van der Waals surface area contributed by atoms with Crippen LogP contribution in [0.4, 0.5) is 0 Å². The van der Waals surface area contributed by atoms with E-state index < -0.39 is 0 Å². The van der Waals surface area contributed by atoms with E-state index in [9.17, 15) is 9.59 Å². The summed E-state index contributed by atoms with van der Waals surface area (Å²) in [5.74, 6) is 0.924. The number of nitrogens with one attached hydrogen (secondary N) is 2. The lowest BCUT2D eigenvalue weighted by Gasteiger charge is -2.18. The average Bonchev–Trinajstić information content (AvgIpc) is 3.40. The van der Waals surface area contributed by atoms with Gasteiger partial charge in [-0.05, 0) is 30.4 Å². The van der Waals surface area contributed by atoms with E-state index in [2.05, 4.69) is 58.4 Å². The predicted molar refractivity (Wildman–Crippen MR) is 132 cm³/mol. The van der Waals surface area contributed by atoms with Crippen LogP contribution in [0.5, 0.6) is 0 Å². The second-order valence-electron chi connectivity index (χ2n) is 9.16. The Bertz CT molecular complexity index is 1380. The van der Waals surface area contributed by atoms with Crippen molar-refractivity contribution in [3.8, 4) is 11.4 Å². The Kier molecular flexibility index (Phi) is 6.60. The number of rotatable bonds is 7. The van der Waals surface area contributed by atoms with Crippen LogP contribution in [0.2, 0.25) is 0 Å². The lowest BCUT2D eigenvalue weighted by atomic mass is 9.87. The van der Waals surface area contributed by atoms with E-state index in [1.165, 1.54) is 22.0 Å². The van der Waals surface area contributed by atoms with Gasteiger partial charge in [0.05, 0.1) is 11.3 Å². The van der Waals surface area contributed by atoms with Gasteiger partial charge in [0.2, 0.25) is 17.6 Å². The highest BCUT2D eigenvalue weighted by Crippen LogP contribution is 2.26. The highest BCUT2D eigenvalue weighted by molar-refractivity contribution is 7.98. The highest BCUT2D eigenvalue weighted by Gasteiger charge is 2.18. The first kappa shape index (κ1) is 23.7. The first-order valence-electron chi connectivity index (χ1n) is 11.1. The fourth-order valence-corrected chi connectivity index (χ4v) is 4.25. The quantitative estimate of drug-likeness (QED) is 0.294. The number of hydrogen-bond donors (Lipinski definition) is 2. The number of benzene rings is 1. The van der Waals surface area contributed by atoms with Gasteiger partial charge in [0.1, 0.15) is 5.52 Å². The Morgan fingerprint density at radius 2 is 1.94 bits per heavy atom. The van der Waals surface area contributed by atoms with E-state index in [0.29, 0.717) is 40.7 Å². The molecule has 0 atom stereocenters. The third-order valence-electron chi connectivity index (χ3n) is 5.27.